The molecule has 2 N–H and O–H groups in total. The monoisotopic (exact) mass is 328 g/mol. The molecule has 0 spiro atoms. The zero-order valence-corrected chi connectivity index (χ0v) is 14.2. The predicted octanol–water partition coefficient (Wildman–Crippen LogP) is 1.50. The average Bonchev–Trinajstić information content (AvgIpc) is 3.00. The van der Waals surface area contributed by atoms with Crippen LogP contribution in [0.15, 0.2) is 40.9 Å². The summed E-state index contributed by atoms with van der Waals surface area (Å²) in [6.45, 7) is 7.39. The molecule has 0 aliphatic carbocycles. The largest absolute Gasteiger partial charge is 0.361 e. The molecular formula is C18H24N4O2. The van der Waals surface area contributed by atoms with E-state index in [4.69, 9.17) is 10.3 Å². The molecule has 2 heterocycles. The fraction of sp³-hybridized carbons (Fsp3) is 0.444. The third kappa shape index (κ3) is 3.49. The zero-order chi connectivity index (χ0) is 17.2. The Bertz CT molecular complexity index is 688. The first-order valence-corrected chi connectivity index (χ1v) is 8.25. The van der Waals surface area contributed by atoms with Gasteiger partial charge in [-0.15, -0.1) is 0 Å². The molecule has 1 unspecified atom stereocenters. The Morgan fingerprint density at radius 3 is 2.50 bits per heavy atom. The van der Waals surface area contributed by atoms with Crippen molar-refractivity contribution in [1.82, 2.24) is 15.0 Å². The van der Waals surface area contributed by atoms with Crippen molar-refractivity contribution < 1.29 is 9.32 Å². The van der Waals surface area contributed by atoms with Crippen LogP contribution < -0.4 is 5.73 Å². The van der Waals surface area contributed by atoms with Gasteiger partial charge in [-0.2, -0.15) is 0 Å². The Balaban J connectivity index is 1.59. The standard InChI is InChI=1S/C18H24N4O2/c1-14-12-16(20-24-14)13-21-8-10-22(11-9-21)17(23)18(2,19)15-6-4-3-5-7-15/h3-7,12H,8-11,13,19H2,1-2H3. The van der Waals surface area contributed by atoms with Crippen molar-refractivity contribution in [3.05, 3.63) is 53.4 Å². The molecule has 1 aromatic heterocycles. The molecular weight excluding hydrogens is 304 g/mol. The summed E-state index contributed by atoms with van der Waals surface area (Å²) in [5, 5.41) is 4.03. The lowest BCUT2D eigenvalue weighted by Crippen LogP contribution is -2.56. The van der Waals surface area contributed by atoms with Gasteiger partial charge >= 0.3 is 0 Å². The van der Waals surface area contributed by atoms with Crippen LogP contribution in [0.3, 0.4) is 0 Å². The van der Waals surface area contributed by atoms with E-state index in [9.17, 15) is 4.79 Å². The number of nitrogens with two attached hydrogens (primary N) is 1. The van der Waals surface area contributed by atoms with Gasteiger partial charge in [-0.05, 0) is 19.4 Å². The van der Waals surface area contributed by atoms with Crippen LogP contribution in [0, 0.1) is 6.92 Å². The topological polar surface area (TPSA) is 75.6 Å². The molecule has 0 bridgehead atoms. The number of carbonyl (C=O) groups is 1. The second kappa shape index (κ2) is 6.75. The van der Waals surface area contributed by atoms with Gasteiger partial charge in [-0.3, -0.25) is 9.69 Å². The number of piperazine rings is 1. The molecule has 0 radical (unpaired) electrons. The fourth-order valence-electron chi connectivity index (χ4n) is 3.07. The van der Waals surface area contributed by atoms with Crippen molar-refractivity contribution >= 4 is 5.91 Å². The van der Waals surface area contributed by atoms with Crippen LogP contribution in [-0.4, -0.2) is 47.0 Å². The van der Waals surface area contributed by atoms with E-state index >= 15 is 0 Å². The van der Waals surface area contributed by atoms with Crippen LogP contribution in [-0.2, 0) is 16.9 Å². The zero-order valence-electron chi connectivity index (χ0n) is 14.2. The quantitative estimate of drug-likeness (QED) is 0.920. The van der Waals surface area contributed by atoms with Crippen molar-refractivity contribution in [2.75, 3.05) is 26.2 Å². The number of benzene rings is 1. The Morgan fingerprint density at radius 1 is 1.25 bits per heavy atom. The van der Waals surface area contributed by atoms with Crippen LogP contribution in [0.5, 0.6) is 0 Å². The Morgan fingerprint density at radius 2 is 1.92 bits per heavy atom. The molecule has 24 heavy (non-hydrogen) atoms. The van der Waals surface area contributed by atoms with Gasteiger partial charge in [-0.25, -0.2) is 0 Å². The first kappa shape index (κ1) is 16.7. The minimum Gasteiger partial charge on any atom is -0.361 e. The molecule has 6 nitrogen and oxygen atoms in total. The maximum Gasteiger partial charge on any atom is 0.247 e. The highest BCUT2D eigenvalue weighted by atomic mass is 16.5. The fourth-order valence-corrected chi connectivity index (χ4v) is 3.07. The van der Waals surface area contributed by atoms with Gasteiger partial charge in [0.15, 0.2) is 0 Å². The molecule has 1 aliphatic heterocycles. The third-order valence-corrected chi connectivity index (χ3v) is 4.54. The Hall–Kier alpha value is -2.18. The number of aryl methyl sites for hydroxylation is 1. The molecule has 3 rings (SSSR count). The van der Waals surface area contributed by atoms with Crippen molar-refractivity contribution in [3.8, 4) is 0 Å². The molecule has 1 amide bonds. The number of amides is 1. The lowest BCUT2D eigenvalue weighted by molar-refractivity contribution is -0.138. The summed E-state index contributed by atoms with van der Waals surface area (Å²) < 4.78 is 5.10. The number of nitrogens with zero attached hydrogens (tertiary/aromatic N) is 3. The number of aromatic nitrogens is 1. The van der Waals surface area contributed by atoms with E-state index in [2.05, 4.69) is 10.1 Å². The lowest BCUT2D eigenvalue weighted by Gasteiger charge is -2.38. The Kier molecular flexibility index (Phi) is 4.69. The first-order valence-electron chi connectivity index (χ1n) is 8.25. The Labute approximate surface area is 142 Å². The van der Waals surface area contributed by atoms with E-state index < -0.39 is 5.54 Å². The SMILES string of the molecule is Cc1cc(CN2CCN(C(=O)C(C)(N)c3ccccc3)CC2)no1. The van der Waals surface area contributed by atoms with Crippen molar-refractivity contribution in [3.63, 3.8) is 0 Å². The molecule has 0 saturated carbocycles. The maximum atomic E-state index is 12.8. The lowest BCUT2D eigenvalue weighted by atomic mass is 9.91. The van der Waals surface area contributed by atoms with Gasteiger partial charge in [0, 0.05) is 38.8 Å². The average molecular weight is 328 g/mol. The second-order valence-electron chi connectivity index (χ2n) is 6.57. The van der Waals surface area contributed by atoms with Crippen LogP contribution >= 0.6 is 0 Å². The molecule has 6 heteroatoms. The highest BCUT2D eigenvalue weighted by Gasteiger charge is 2.35. The van der Waals surface area contributed by atoms with Crippen molar-refractivity contribution in [2.24, 2.45) is 5.73 Å². The number of hydrogen-bond acceptors (Lipinski definition) is 5. The minimum absolute atomic E-state index is 0.0226. The molecule has 2 aromatic rings. The van der Waals surface area contributed by atoms with Gasteiger partial charge in [0.2, 0.25) is 5.91 Å². The second-order valence-corrected chi connectivity index (χ2v) is 6.57. The van der Waals surface area contributed by atoms with E-state index in [0.717, 1.165) is 36.7 Å². The van der Waals surface area contributed by atoms with Crippen LogP contribution in [0.25, 0.3) is 0 Å². The summed E-state index contributed by atoms with van der Waals surface area (Å²) in [5.41, 5.74) is 7.13. The van der Waals surface area contributed by atoms with E-state index in [0.29, 0.717) is 13.1 Å². The van der Waals surface area contributed by atoms with Gasteiger partial charge in [0.05, 0.1) is 5.69 Å². The van der Waals surface area contributed by atoms with Crippen LogP contribution in [0.2, 0.25) is 0 Å². The smallest absolute Gasteiger partial charge is 0.247 e. The predicted molar refractivity (Wildman–Crippen MR) is 91.1 cm³/mol. The summed E-state index contributed by atoms with van der Waals surface area (Å²) in [4.78, 5) is 17.0. The van der Waals surface area contributed by atoms with Gasteiger partial charge in [0.1, 0.15) is 11.3 Å². The first-order chi connectivity index (χ1) is 11.5. The van der Waals surface area contributed by atoms with E-state index in [1.165, 1.54) is 0 Å². The maximum absolute atomic E-state index is 12.8. The van der Waals surface area contributed by atoms with Crippen molar-refractivity contribution in [2.45, 2.75) is 25.9 Å². The summed E-state index contributed by atoms with van der Waals surface area (Å²) in [6.07, 6.45) is 0. The molecule has 1 fully saturated rings. The van der Waals surface area contributed by atoms with Gasteiger partial charge in [0.25, 0.3) is 0 Å². The van der Waals surface area contributed by atoms with Crippen LogP contribution in [0.4, 0.5) is 0 Å². The minimum atomic E-state index is -0.993. The number of rotatable bonds is 4. The molecule has 1 atom stereocenters. The third-order valence-electron chi connectivity index (χ3n) is 4.54. The van der Waals surface area contributed by atoms with E-state index in [1.54, 1.807) is 6.92 Å². The van der Waals surface area contributed by atoms with E-state index in [-0.39, 0.29) is 5.91 Å². The number of carbonyl (C=O) groups excluding carboxylic acids is 1. The van der Waals surface area contributed by atoms with Gasteiger partial charge < -0.3 is 15.2 Å². The number of hydrogen-bond donors (Lipinski definition) is 1. The highest BCUT2D eigenvalue weighted by molar-refractivity contribution is 5.87. The summed E-state index contributed by atoms with van der Waals surface area (Å²) in [6, 6.07) is 11.5. The summed E-state index contributed by atoms with van der Waals surface area (Å²) in [5.74, 6) is 0.797. The highest BCUT2D eigenvalue weighted by Crippen LogP contribution is 2.21. The van der Waals surface area contributed by atoms with Crippen LogP contribution in [0.1, 0.15) is 23.9 Å². The molecule has 1 aromatic carbocycles. The summed E-state index contributed by atoms with van der Waals surface area (Å²) >= 11 is 0. The molecule has 128 valence electrons. The normalized spacial score (nSPS) is 18.4. The van der Waals surface area contributed by atoms with E-state index in [1.807, 2.05) is 48.2 Å². The molecule has 1 aliphatic rings. The van der Waals surface area contributed by atoms with Gasteiger partial charge in [-0.1, -0.05) is 35.5 Å². The molecule has 1 saturated heterocycles. The summed E-state index contributed by atoms with van der Waals surface area (Å²) in [7, 11) is 0. The van der Waals surface area contributed by atoms with Crippen molar-refractivity contribution in [1.29, 1.82) is 0 Å².